The fourth-order valence-corrected chi connectivity index (χ4v) is 0.772. The van der Waals surface area contributed by atoms with Gasteiger partial charge in [0.2, 0.25) is 0 Å². The van der Waals surface area contributed by atoms with E-state index in [0.717, 1.165) is 0 Å². The third kappa shape index (κ3) is 3.51. The molecule has 0 aromatic rings. The smallest absolute Gasteiger partial charge is 0.316 e. The molecule has 0 fully saturated rings. The molecule has 0 rings (SSSR count). The zero-order chi connectivity index (χ0) is 9.72. The SMILES string of the molecule is CCC(=O)C(C)C(=O)OC(C)C. The molecule has 0 aliphatic rings. The standard InChI is InChI=1S/C9H16O3/c1-5-8(10)7(4)9(11)12-6(2)3/h6-7H,5H2,1-4H3. The first-order valence-corrected chi connectivity index (χ1v) is 4.22. The van der Waals surface area contributed by atoms with Gasteiger partial charge in [-0.2, -0.15) is 0 Å². The lowest BCUT2D eigenvalue weighted by Gasteiger charge is -2.11. The zero-order valence-corrected chi connectivity index (χ0v) is 8.09. The fraction of sp³-hybridized carbons (Fsp3) is 0.778. The summed E-state index contributed by atoms with van der Waals surface area (Å²) in [6, 6.07) is 0. The van der Waals surface area contributed by atoms with Crippen LogP contribution in [0, 0.1) is 5.92 Å². The summed E-state index contributed by atoms with van der Waals surface area (Å²) < 4.78 is 4.88. The average molecular weight is 172 g/mol. The molecule has 0 heterocycles. The highest BCUT2D eigenvalue weighted by Gasteiger charge is 2.21. The van der Waals surface area contributed by atoms with E-state index in [1.165, 1.54) is 0 Å². The Labute approximate surface area is 73.1 Å². The summed E-state index contributed by atoms with van der Waals surface area (Å²) in [6.07, 6.45) is 0.235. The minimum Gasteiger partial charge on any atom is -0.462 e. The van der Waals surface area contributed by atoms with E-state index in [2.05, 4.69) is 0 Å². The molecule has 70 valence electrons. The van der Waals surface area contributed by atoms with Gasteiger partial charge in [0.15, 0.2) is 0 Å². The van der Waals surface area contributed by atoms with Gasteiger partial charge in [-0.15, -0.1) is 0 Å². The largest absolute Gasteiger partial charge is 0.462 e. The third-order valence-electron chi connectivity index (χ3n) is 1.54. The van der Waals surface area contributed by atoms with Gasteiger partial charge in [-0.3, -0.25) is 9.59 Å². The Morgan fingerprint density at radius 2 is 1.75 bits per heavy atom. The monoisotopic (exact) mass is 172 g/mol. The quantitative estimate of drug-likeness (QED) is 0.477. The highest BCUT2D eigenvalue weighted by Crippen LogP contribution is 2.04. The number of carbonyl (C=O) groups excluding carboxylic acids is 2. The Morgan fingerprint density at radius 3 is 2.08 bits per heavy atom. The average Bonchev–Trinajstić information content (AvgIpc) is 2.00. The topological polar surface area (TPSA) is 43.4 Å². The van der Waals surface area contributed by atoms with Crippen molar-refractivity contribution in [1.29, 1.82) is 0 Å². The predicted octanol–water partition coefficient (Wildman–Crippen LogP) is 1.55. The lowest BCUT2D eigenvalue weighted by atomic mass is 10.1. The van der Waals surface area contributed by atoms with Gasteiger partial charge in [0.05, 0.1) is 6.10 Å². The molecule has 1 unspecified atom stereocenters. The molecule has 0 amide bonds. The molecule has 0 N–H and O–H groups in total. The van der Waals surface area contributed by atoms with Crippen molar-refractivity contribution < 1.29 is 14.3 Å². The summed E-state index contributed by atoms with van der Waals surface area (Å²) in [5, 5.41) is 0. The van der Waals surface area contributed by atoms with Gasteiger partial charge in [-0.25, -0.2) is 0 Å². The molecule has 0 aromatic heterocycles. The molecule has 0 saturated heterocycles. The second-order valence-corrected chi connectivity index (χ2v) is 3.03. The van der Waals surface area contributed by atoms with E-state index in [4.69, 9.17) is 4.74 Å². The van der Waals surface area contributed by atoms with Gasteiger partial charge in [-0.05, 0) is 20.8 Å². The van der Waals surface area contributed by atoms with Crippen LogP contribution < -0.4 is 0 Å². The van der Waals surface area contributed by atoms with E-state index in [1.807, 2.05) is 0 Å². The van der Waals surface area contributed by atoms with Crippen molar-refractivity contribution in [3.8, 4) is 0 Å². The lowest BCUT2D eigenvalue weighted by molar-refractivity contribution is -0.154. The second-order valence-electron chi connectivity index (χ2n) is 3.03. The maximum absolute atomic E-state index is 11.1. The molecule has 0 aliphatic heterocycles. The minimum atomic E-state index is -0.614. The van der Waals surface area contributed by atoms with Crippen molar-refractivity contribution in [1.82, 2.24) is 0 Å². The highest BCUT2D eigenvalue weighted by atomic mass is 16.5. The van der Waals surface area contributed by atoms with Crippen LogP contribution in [0.1, 0.15) is 34.1 Å². The van der Waals surface area contributed by atoms with E-state index in [-0.39, 0.29) is 11.9 Å². The Kier molecular flexibility index (Phi) is 4.55. The molecule has 12 heavy (non-hydrogen) atoms. The molecule has 0 radical (unpaired) electrons. The molecule has 0 aliphatic carbocycles. The number of carbonyl (C=O) groups is 2. The molecule has 3 heteroatoms. The molecule has 0 saturated carbocycles. The van der Waals surface area contributed by atoms with Crippen molar-refractivity contribution in [3.63, 3.8) is 0 Å². The summed E-state index contributed by atoms with van der Waals surface area (Å²) in [5.74, 6) is -1.10. The number of esters is 1. The van der Waals surface area contributed by atoms with Crippen LogP contribution in [0.3, 0.4) is 0 Å². The molecule has 0 aromatic carbocycles. The van der Waals surface area contributed by atoms with Gasteiger partial charge in [0.25, 0.3) is 0 Å². The zero-order valence-electron chi connectivity index (χ0n) is 8.09. The first-order chi connectivity index (χ1) is 5.49. The van der Waals surface area contributed by atoms with Crippen LogP contribution in [0.25, 0.3) is 0 Å². The van der Waals surface area contributed by atoms with Gasteiger partial charge in [0, 0.05) is 6.42 Å². The van der Waals surface area contributed by atoms with Crippen LogP contribution >= 0.6 is 0 Å². The molecular formula is C9H16O3. The normalized spacial score (nSPS) is 12.8. The van der Waals surface area contributed by atoms with E-state index < -0.39 is 11.9 Å². The van der Waals surface area contributed by atoms with Crippen LogP contribution in [0.15, 0.2) is 0 Å². The van der Waals surface area contributed by atoms with E-state index in [0.29, 0.717) is 6.42 Å². The number of ketones is 1. The van der Waals surface area contributed by atoms with E-state index in [1.54, 1.807) is 27.7 Å². The maximum Gasteiger partial charge on any atom is 0.316 e. The number of hydrogen-bond acceptors (Lipinski definition) is 3. The highest BCUT2D eigenvalue weighted by molar-refractivity contribution is 5.98. The van der Waals surface area contributed by atoms with E-state index >= 15 is 0 Å². The molecule has 3 nitrogen and oxygen atoms in total. The number of rotatable bonds is 4. The fourth-order valence-electron chi connectivity index (χ4n) is 0.772. The molecule has 0 spiro atoms. The first-order valence-electron chi connectivity index (χ1n) is 4.22. The number of ether oxygens (including phenoxy) is 1. The van der Waals surface area contributed by atoms with Gasteiger partial charge in [0.1, 0.15) is 11.7 Å². The van der Waals surface area contributed by atoms with Crippen molar-refractivity contribution in [2.45, 2.75) is 40.2 Å². The van der Waals surface area contributed by atoms with E-state index in [9.17, 15) is 9.59 Å². The van der Waals surface area contributed by atoms with Crippen LogP contribution in [0.4, 0.5) is 0 Å². The predicted molar refractivity (Wildman–Crippen MR) is 45.7 cm³/mol. The summed E-state index contributed by atoms with van der Waals surface area (Å²) in [4.78, 5) is 22.1. The Morgan fingerprint density at radius 1 is 1.25 bits per heavy atom. The minimum absolute atomic E-state index is 0.0688. The lowest BCUT2D eigenvalue weighted by Crippen LogP contribution is -2.25. The van der Waals surface area contributed by atoms with Crippen LogP contribution in [0.5, 0.6) is 0 Å². The van der Waals surface area contributed by atoms with Gasteiger partial charge >= 0.3 is 5.97 Å². The second kappa shape index (κ2) is 4.91. The Balaban J connectivity index is 4.01. The van der Waals surface area contributed by atoms with Crippen LogP contribution in [0.2, 0.25) is 0 Å². The van der Waals surface area contributed by atoms with Crippen molar-refractivity contribution in [2.75, 3.05) is 0 Å². The Bertz CT molecular complexity index is 173. The van der Waals surface area contributed by atoms with Crippen LogP contribution in [-0.4, -0.2) is 17.9 Å². The summed E-state index contributed by atoms with van der Waals surface area (Å²) in [6.45, 7) is 6.85. The third-order valence-corrected chi connectivity index (χ3v) is 1.54. The number of hydrogen-bond donors (Lipinski definition) is 0. The summed E-state index contributed by atoms with van der Waals surface area (Å²) in [7, 11) is 0. The maximum atomic E-state index is 11.1. The van der Waals surface area contributed by atoms with Crippen molar-refractivity contribution in [3.05, 3.63) is 0 Å². The molecule has 1 atom stereocenters. The van der Waals surface area contributed by atoms with Crippen molar-refractivity contribution in [2.24, 2.45) is 5.92 Å². The van der Waals surface area contributed by atoms with Gasteiger partial charge < -0.3 is 4.74 Å². The molecule has 0 bridgehead atoms. The van der Waals surface area contributed by atoms with Gasteiger partial charge in [-0.1, -0.05) is 6.92 Å². The Hall–Kier alpha value is -0.860. The summed E-state index contributed by atoms with van der Waals surface area (Å²) in [5.41, 5.74) is 0. The van der Waals surface area contributed by atoms with Crippen molar-refractivity contribution >= 4 is 11.8 Å². The first kappa shape index (κ1) is 11.1. The summed E-state index contributed by atoms with van der Waals surface area (Å²) >= 11 is 0. The molecular weight excluding hydrogens is 156 g/mol. The number of Topliss-reactive ketones (excluding diaryl/α,β-unsaturated/α-hetero) is 1. The van der Waals surface area contributed by atoms with Crippen LogP contribution in [-0.2, 0) is 14.3 Å².